The van der Waals surface area contributed by atoms with E-state index in [9.17, 15) is 9.59 Å². The maximum Gasteiger partial charge on any atom is 0.407 e. The van der Waals surface area contributed by atoms with Gasteiger partial charge in [-0.05, 0) is 22.3 Å². The lowest BCUT2D eigenvalue weighted by Crippen LogP contribution is -2.32. The third-order valence-corrected chi connectivity index (χ3v) is 4.59. The van der Waals surface area contributed by atoms with Crippen molar-refractivity contribution < 1.29 is 19.1 Å². The zero-order valence-electron chi connectivity index (χ0n) is 15.4. The molecule has 0 saturated heterocycles. The van der Waals surface area contributed by atoms with Crippen LogP contribution in [-0.4, -0.2) is 45.4 Å². The Labute approximate surface area is 158 Å². The highest BCUT2D eigenvalue weighted by atomic mass is 16.5. The number of hydrogen-bond acceptors (Lipinski definition) is 4. The molecule has 0 aromatic heterocycles. The molecule has 0 bridgehead atoms. The highest BCUT2D eigenvalue weighted by molar-refractivity contribution is 5.79. The summed E-state index contributed by atoms with van der Waals surface area (Å²) in [5.41, 5.74) is 4.72. The standard InChI is InChI=1S/C21H24N2O4/c1-26-13-12-22-20(24)10-11-23-21(25)27-14-19-17-8-4-2-6-15(17)16-7-3-5-9-18(16)19/h2-9,19H,10-14H2,1H3,(H,22,24)(H,23,25). The quantitative estimate of drug-likeness (QED) is 0.703. The van der Waals surface area contributed by atoms with Gasteiger partial charge in [0.2, 0.25) is 5.91 Å². The van der Waals surface area contributed by atoms with Crippen LogP contribution in [0.25, 0.3) is 11.1 Å². The minimum atomic E-state index is -0.512. The average molecular weight is 368 g/mol. The molecule has 2 aromatic carbocycles. The van der Waals surface area contributed by atoms with Crippen molar-refractivity contribution in [3.8, 4) is 11.1 Å². The number of amides is 2. The molecule has 1 aliphatic carbocycles. The van der Waals surface area contributed by atoms with Crippen LogP contribution in [-0.2, 0) is 14.3 Å². The van der Waals surface area contributed by atoms with E-state index < -0.39 is 6.09 Å². The zero-order chi connectivity index (χ0) is 19.1. The van der Waals surface area contributed by atoms with Crippen molar-refractivity contribution in [2.24, 2.45) is 0 Å². The van der Waals surface area contributed by atoms with Gasteiger partial charge in [-0.3, -0.25) is 4.79 Å². The number of carbonyl (C=O) groups is 2. The molecule has 0 atom stereocenters. The number of fused-ring (bicyclic) bond motifs is 3. The number of hydrogen-bond donors (Lipinski definition) is 2. The van der Waals surface area contributed by atoms with Crippen LogP contribution in [0.15, 0.2) is 48.5 Å². The van der Waals surface area contributed by atoms with Crippen molar-refractivity contribution in [1.29, 1.82) is 0 Å². The van der Waals surface area contributed by atoms with Crippen molar-refractivity contribution >= 4 is 12.0 Å². The molecule has 3 rings (SSSR count). The number of nitrogens with one attached hydrogen (secondary N) is 2. The van der Waals surface area contributed by atoms with Crippen LogP contribution in [0.2, 0.25) is 0 Å². The van der Waals surface area contributed by atoms with Gasteiger partial charge in [-0.15, -0.1) is 0 Å². The van der Waals surface area contributed by atoms with Gasteiger partial charge >= 0.3 is 6.09 Å². The highest BCUT2D eigenvalue weighted by Gasteiger charge is 2.28. The third-order valence-electron chi connectivity index (χ3n) is 4.59. The summed E-state index contributed by atoms with van der Waals surface area (Å²) in [4.78, 5) is 23.6. The second-order valence-electron chi connectivity index (χ2n) is 6.35. The molecule has 2 aromatic rings. The third kappa shape index (κ3) is 4.65. The van der Waals surface area contributed by atoms with Crippen LogP contribution in [0.4, 0.5) is 4.79 Å². The van der Waals surface area contributed by atoms with E-state index in [2.05, 4.69) is 34.9 Å². The number of carbonyl (C=O) groups excluding carboxylic acids is 2. The minimum Gasteiger partial charge on any atom is -0.449 e. The predicted octanol–water partition coefficient (Wildman–Crippen LogP) is 2.68. The first-order chi connectivity index (χ1) is 13.2. The van der Waals surface area contributed by atoms with Crippen LogP contribution in [0.3, 0.4) is 0 Å². The Hall–Kier alpha value is -2.86. The fraction of sp³-hybridized carbons (Fsp3) is 0.333. The molecule has 27 heavy (non-hydrogen) atoms. The van der Waals surface area contributed by atoms with Crippen LogP contribution in [0, 0.1) is 0 Å². The molecule has 0 saturated carbocycles. The summed E-state index contributed by atoms with van der Waals surface area (Å²) in [5.74, 6) is -0.105. The topological polar surface area (TPSA) is 76.7 Å². The van der Waals surface area contributed by atoms with E-state index in [1.165, 1.54) is 22.3 Å². The first kappa shape index (κ1) is 18.9. The van der Waals surface area contributed by atoms with Crippen LogP contribution in [0.5, 0.6) is 0 Å². The monoisotopic (exact) mass is 368 g/mol. The Morgan fingerprint density at radius 3 is 2.19 bits per heavy atom. The van der Waals surface area contributed by atoms with Gasteiger partial charge in [0.25, 0.3) is 0 Å². The molecule has 0 fully saturated rings. The normalized spacial score (nSPS) is 12.2. The highest BCUT2D eigenvalue weighted by Crippen LogP contribution is 2.44. The number of ether oxygens (including phenoxy) is 2. The van der Waals surface area contributed by atoms with E-state index in [4.69, 9.17) is 9.47 Å². The van der Waals surface area contributed by atoms with Gasteiger partial charge in [-0.2, -0.15) is 0 Å². The van der Waals surface area contributed by atoms with Crippen LogP contribution < -0.4 is 10.6 Å². The van der Waals surface area contributed by atoms with Crippen LogP contribution in [0.1, 0.15) is 23.5 Å². The van der Waals surface area contributed by atoms with E-state index >= 15 is 0 Å². The summed E-state index contributed by atoms with van der Waals surface area (Å²) >= 11 is 0. The van der Waals surface area contributed by atoms with Gasteiger partial charge < -0.3 is 20.1 Å². The summed E-state index contributed by atoms with van der Waals surface area (Å²) in [5, 5.41) is 5.32. The lowest BCUT2D eigenvalue weighted by atomic mass is 9.98. The smallest absolute Gasteiger partial charge is 0.407 e. The van der Waals surface area contributed by atoms with Crippen molar-refractivity contribution in [1.82, 2.24) is 10.6 Å². The largest absolute Gasteiger partial charge is 0.449 e. The molecule has 2 amide bonds. The minimum absolute atomic E-state index is 0.0282. The van der Waals surface area contributed by atoms with E-state index in [-0.39, 0.29) is 31.4 Å². The fourth-order valence-electron chi connectivity index (χ4n) is 3.31. The van der Waals surface area contributed by atoms with Crippen LogP contribution >= 0.6 is 0 Å². The summed E-state index contributed by atoms with van der Waals surface area (Å²) in [6.07, 6.45) is -0.310. The molecule has 142 valence electrons. The summed E-state index contributed by atoms with van der Waals surface area (Å²) in [7, 11) is 1.57. The van der Waals surface area contributed by atoms with Gasteiger partial charge in [-0.1, -0.05) is 48.5 Å². The van der Waals surface area contributed by atoms with Gasteiger partial charge in [-0.25, -0.2) is 4.79 Å². The number of benzene rings is 2. The van der Waals surface area contributed by atoms with Gasteiger partial charge in [0.15, 0.2) is 0 Å². The van der Waals surface area contributed by atoms with Crippen molar-refractivity contribution in [2.45, 2.75) is 12.3 Å². The van der Waals surface area contributed by atoms with Gasteiger partial charge in [0.1, 0.15) is 6.61 Å². The molecule has 0 heterocycles. The summed E-state index contributed by atoms with van der Waals surface area (Å²) < 4.78 is 10.3. The summed E-state index contributed by atoms with van der Waals surface area (Å²) in [6.45, 7) is 1.42. The molecule has 0 spiro atoms. The lowest BCUT2D eigenvalue weighted by molar-refractivity contribution is -0.121. The maximum atomic E-state index is 12.0. The average Bonchev–Trinajstić information content (AvgIpc) is 3.00. The Balaban J connectivity index is 1.49. The SMILES string of the molecule is COCCNC(=O)CCNC(=O)OCC1c2ccccc2-c2ccccc21. The van der Waals surface area contributed by atoms with E-state index in [0.717, 1.165) is 0 Å². The van der Waals surface area contributed by atoms with Gasteiger partial charge in [0.05, 0.1) is 6.61 Å². The van der Waals surface area contributed by atoms with Crippen molar-refractivity contribution in [3.63, 3.8) is 0 Å². The Kier molecular flexibility index (Phi) is 6.44. The zero-order valence-corrected chi connectivity index (χ0v) is 15.4. The lowest BCUT2D eigenvalue weighted by Gasteiger charge is -2.14. The van der Waals surface area contributed by atoms with E-state index in [1.54, 1.807) is 7.11 Å². The molecule has 2 N–H and O–H groups in total. The molecule has 0 radical (unpaired) electrons. The van der Waals surface area contributed by atoms with E-state index in [1.807, 2.05) is 24.3 Å². The first-order valence-corrected chi connectivity index (χ1v) is 9.05. The fourth-order valence-corrected chi connectivity index (χ4v) is 3.31. The Bertz CT molecular complexity index is 761. The second-order valence-corrected chi connectivity index (χ2v) is 6.35. The molecule has 0 unspecified atom stereocenters. The molecule has 6 nitrogen and oxygen atoms in total. The van der Waals surface area contributed by atoms with E-state index in [0.29, 0.717) is 13.2 Å². The number of alkyl carbamates (subject to hydrolysis) is 1. The number of methoxy groups -OCH3 is 1. The first-order valence-electron chi connectivity index (χ1n) is 9.05. The molecule has 0 aliphatic heterocycles. The van der Waals surface area contributed by atoms with Crippen molar-refractivity contribution in [2.75, 3.05) is 33.4 Å². The second kappa shape index (κ2) is 9.19. The van der Waals surface area contributed by atoms with Crippen molar-refractivity contribution in [3.05, 3.63) is 59.7 Å². The Morgan fingerprint density at radius 2 is 1.56 bits per heavy atom. The molecule has 6 heteroatoms. The molecular formula is C21H24N2O4. The predicted molar refractivity (Wildman–Crippen MR) is 103 cm³/mol. The number of rotatable bonds is 8. The summed E-state index contributed by atoms with van der Waals surface area (Å²) in [6, 6.07) is 16.4. The molecule has 1 aliphatic rings. The Morgan fingerprint density at radius 1 is 0.926 bits per heavy atom. The maximum absolute atomic E-state index is 12.0. The molecular weight excluding hydrogens is 344 g/mol. The van der Waals surface area contributed by atoms with Gasteiger partial charge in [0, 0.05) is 32.5 Å².